The number of benzene rings is 1. The Bertz CT molecular complexity index is 1140. The molecule has 7 nitrogen and oxygen atoms in total. The molecule has 3 heterocycles. The number of para-hydroxylation sites is 2. The molecule has 2 unspecified atom stereocenters. The first-order valence-corrected chi connectivity index (χ1v) is 9.29. The number of hydrogen-bond acceptors (Lipinski definition) is 4. The Morgan fingerprint density at radius 1 is 1.26 bits per heavy atom. The Labute approximate surface area is 157 Å². The van der Waals surface area contributed by atoms with Gasteiger partial charge >= 0.3 is 0 Å². The predicted molar refractivity (Wildman–Crippen MR) is 112 cm³/mol. The molecule has 138 valence electrons. The third-order valence-electron chi connectivity index (χ3n) is 5.29. The number of hydrogen-bond donors (Lipinski definition) is 3. The van der Waals surface area contributed by atoms with Gasteiger partial charge in [0.1, 0.15) is 24.8 Å². The lowest BCUT2D eigenvalue weighted by molar-refractivity contribution is 0.558. The van der Waals surface area contributed by atoms with Crippen molar-refractivity contribution in [2.24, 2.45) is 13.0 Å². The first kappa shape index (κ1) is 17.4. The molecule has 0 fully saturated rings. The summed E-state index contributed by atoms with van der Waals surface area (Å²) in [5.74, 6) is 1.18. The minimum atomic E-state index is -0.187. The molecule has 0 bridgehead atoms. The smallest absolute Gasteiger partial charge is 0.261 e. The number of anilines is 1. The zero-order chi connectivity index (χ0) is 19.1. The molecule has 3 aromatic heterocycles. The lowest BCUT2D eigenvalue weighted by Crippen LogP contribution is -2.29. The topological polar surface area (TPSA) is 91.4 Å². The molecule has 1 aromatic carbocycles. The zero-order valence-electron chi connectivity index (χ0n) is 16.0. The van der Waals surface area contributed by atoms with Gasteiger partial charge in [-0.15, -0.1) is 0 Å². The molecule has 0 saturated heterocycles. The van der Waals surface area contributed by atoms with Crippen molar-refractivity contribution in [1.82, 2.24) is 24.7 Å². The van der Waals surface area contributed by atoms with Crippen LogP contribution >= 0.6 is 0 Å². The van der Waals surface area contributed by atoms with E-state index in [1.54, 1.807) is 4.68 Å². The summed E-state index contributed by atoms with van der Waals surface area (Å²) in [5, 5.41) is 8.12. The highest BCUT2D eigenvalue weighted by Crippen LogP contribution is 2.31. The van der Waals surface area contributed by atoms with Crippen molar-refractivity contribution in [2.75, 3.05) is 5.32 Å². The fraction of sp³-hybridized carbons (Fsp3) is 0.316. The summed E-state index contributed by atoms with van der Waals surface area (Å²) in [6.45, 7) is 4.36. The number of nitrogens with zero attached hydrogens (tertiary/aromatic N) is 3. The van der Waals surface area contributed by atoms with E-state index in [1.807, 2.05) is 37.5 Å². The van der Waals surface area contributed by atoms with Gasteiger partial charge in [0.15, 0.2) is 0 Å². The lowest BCUT2D eigenvalue weighted by Gasteiger charge is -2.22. The van der Waals surface area contributed by atoms with Crippen molar-refractivity contribution in [3.8, 4) is 11.4 Å². The van der Waals surface area contributed by atoms with Crippen LogP contribution in [-0.2, 0) is 7.05 Å². The van der Waals surface area contributed by atoms with Crippen LogP contribution in [0.4, 0.5) is 5.69 Å². The second kappa shape index (κ2) is 6.61. The van der Waals surface area contributed by atoms with E-state index in [0.29, 0.717) is 22.8 Å². The number of aryl methyl sites for hydroxylation is 1. The maximum absolute atomic E-state index is 13.0. The predicted octanol–water partition coefficient (Wildman–Crippen LogP) is 2.22. The molecule has 0 radical (unpaired) electrons. The van der Waals surface area contributed by atoms with Crippen molar-refractivity contribution in [1.29, 1.82) is 0 Å². The van der Waals surface area contributed by atoms with Gasteiger partial charge in [-0.2, -0.15) is 5.10 Å². The number of rotatable bonds is 5. The average molecular weight is 362 g/mol. The van der Waals surface area contributed by atoms with Crippen LogP contribution in [0.3, 0.4) is 0 Å². The summed E-state index contributed by atoms with van der Waals surface area (Å²) in [6, 6.07) is 7.76. The molecular weight excluding hydrogens is 339 g/mol. The third kappa shape index (κ3) is 3.01. The van der Waals surface area contributed by atoms with Crippen molar-refractivity contribution >= 4 is 35.6 Å². The molecule has 8 heteroatoms. The highest BCUT2D eigenvalue weighted by Gasteiger charge is 2.22. The Balaban J connectivity index is 1.96. The van der Waals surface area contributed by atoms with Crippen LogP contribution in [0.2, 0.25) is 0 Å². The van der Waals surface area contributed by atoms with E-state index in [0.717, 1.165) is 28.7 Å². The van der Waals surface area contributed by atoms with E-state index in [-0.39, 0.29) is 11.5 Å². The molecule has 0 spiro atoms. The Kier molecular flexibility index (Phi) is 4.26. The molecule has 0 aliphatic rings. The summed E-state index contributed by atoms with van der Waals surface area (Å²) in [5.41, 5.74) is 4.20. The third-order valence-corrected chi connectivity index (χ3v) is 5.29. The fourth-order valence-corrected chi connectivity index (χ4v) is 3.34. The standard InChI is InChI=1S/C19H23BN6O/c1-4-10(2)17(20)24-16-14(18-21-11-7-5-6-8-12(11)22-18)19(27)23-13-9-26(3)25-15(13)16/h5-10,17,24H,4,20H2,1-3H3,(H,21,22)(H,23,27). The van der Waals surface area contributed by atoms with Crippen LogP contribution in [0, 0.1) is 5.92 Å². The van der Waals surface area contributed by atoms with Crippen LogP contribution in [0.25, 0.3) is 33.5 Å². The second-order valence-electron chi connectivity index (χ2n) is 7.19. The average Bonchev–Trinajstić information content (AvgIpc) is 3.23. The molecule has 4 aromatic rings. The van der Waals surface area contributed by atoms with E-state index < -0.39 is 0 Å². The van der Waals surface area contributed by atoms with Gasteiger partial charge in [-0.1, -0.05) is 32.4 Å². The number of nitrogens with one attached hydrogen (secondary N) is 3. The van der Waals surface area contributed by atoms with Crippen LogP contribution in [0.1, 0.15) is 20.3 Å². The fourth-order valence-electron chi connectivity index (χ4n) is 3.34. The van der Waals surface area contributed by atoms with E-state index in [2.05, 4.69) is 47.1 Å². The Hall–Kier alpha value is -3.03. The summed E-state index contributed by atoms with van der Waals surface area (Å²) in [4.78, 5) is 23.8. The summed E-state index contributed by atoms with van der Waals surface area (Å²) in [7, 11) is 3.98. The normalized spacial score (nSPS) is 13.9. The van der Waals surface area contributed by atoms with Gasteiger partial charge in [-0.25, -0.2) is 4.98 Å². The number of aromatic amines is 2. The van der Waals surface area contributed by atoms with Gasteiger partial charge in [0, 0.05) is 13.2 Å². The minimum Gasteiger partial charge on any atom is -0.387 e. The van der Waals surface area contributed by atoms with Gasteiger partial charge in [0.05, 0.1) is 22.2 Å². The zero-order valence-corrected chi connectivity index (χ0v) is 16.0. The molecule has 0 saturated carbocycles. The summed E-state index contributed by atoms with van der Waals surface area (Å²) in [6.07, 6.45) is 2.86. The highest BCUT2D eigenvalue weighted by molar-refractivity contribution is 6.14. The number of imidazole rings is 1. The van der Waals surface area contributed by atoms with Gasteiger partial charge in [0.2, 0.25) is 0 Å². The molecule has 0 amide bonds. The van der Waals surface area contributed by atoms with E-state index in [4.69, 9.17) is 0 Å². The molecule has 4 rings (SSSR count). The minimum absolute atomic E-state index is 0.185. The van der Waals surface area contributed by atoms with E-state index >= 15 is 0 Å². The maximum Gasteiger partial charge on any atom is 0.261 e. The quantitative estimate of drug-likeness (QED) is 0.475. The number of pyridine rings is 1. The number of fused-ring (bicyclic) bond motifs is 2. The van der Waals surface area contributed by atoms with Crippen molar-refractivity contribution < 1.29 is 0 Å². The Morgan fingerprint density at radius 3 is 2.78 bits per heavy atom. The molecule has 0 aliphatic carbocycles. The SMILES string of the molecule is BC(Nc1c(-c2nc3ccccc3[nH]2)c(=O)[nH]c2cn(C)nc12)C(C)CC. The number of aromatic nitrogens is 5. The van der Waals surface area contributed by atoms with E-state index in [9.17, 15) is 4.79 Å². The van der Waals surface area contributed by atoms with Crippen LogP contribution < -0.4 is 10.9 Å². The molecular formula is C19H23BN6O. The molecule has 0 aliphatic heterocycles. The monoisotopic (exact) mass is 362 g/mol. The highest BCUT2D eigenvalue weighted by atomic mass is 16.1. The van der Waals surface area contributed by atoms with Crippen LogP contribution in [-0.4, -0.2) is 38.5 Å². The van der Waals surface area contributed by atoms with Gasteiger partial charge in [-0.05, 0) is 24.0 Å². The first-order chi connectivity index (χ1) is 13.0. The maximum atomic E-state index is 13.0. The molecule has 2 atom stereocenters. The number of H-pyrrole nitrogens is 2. The van der Waals surface area contributed by atoms with Gasteiger partial charge in [-0.3, -0.25) is 9.48 Å². The van der Waals surface area contributed by atoms with E-state index in [1.165, 1.54) is 0 Å². The van der Waals surface area contributed by atoms with Crippen LogP contribution in [0.15, 0.2) is 35.3 Å². The van der Waals surface area contributed by atoms with Crippen molar-refractivity contribution in [2.45, 2.75) is 26.2 Å². The summed E-state index contributed by atoms with van der Waals surface area (Å²) >= 11 is 0. The Morgan fingerprint density at radius 2 is 2.04 bits per heavy atom. The van der Waals surface area contributed by atoms with Crippen molar-refractivity contribution in [3.63, 3.8) is 0 Å². The largest absolute Gasteiger partial charge is 0.387 e. The second-order valence-corrected chi connectivity index (χ2v) is 7.19. The van der Waals surface area contributed by atoms with Crippen LogP contribution in [0.5, 0.6) is 0 Å². The summed E-state index contributed by atoms with van der Waals surface area (Å²) < 4.78 is 1.71. The first-order valence-electron chi connectivity index (χ1n) is 9.29. The van der Waals surface area contributed by atoms with Crippen molar-refractivity contribution in [3.05, 3.63) is 40.8 Å². The molecule has 3 N–H and O–H groups in total. The molecule has 27 heavy (non-hydrogen) atoms. The van der Waals surface area contributed by atoms with Gasteiger partial charge < -0.3 is 15.3 Å². The van der Waals surface area contributed by atoms with Gasteiger partial charge in [0.25, 0.3) is 5.56 Å². The lowest BCUT2D eigenvalue weighted by atomic mass is 9.83.